The van der Waals surface area contributed by atoms with E-state index in [4.69, 9.17) is 5.73 Å². The molecule has 0 aliphatic heterocycles. The highest BCUT2D eigenvalue weighted by molar-refractivity contribution is 5.94. The van der Waals surface area contributed by atoms with Crippen LogP contribution < -0.4 is 11.1 Å². The number of benzene rings is 1. The van der Waals surface area contributed by atoms with Gasteiger partial charge in [0, 0.05) is 25.2 Å². The van der Waals surface area contributed by atoms with Crippen LogP contribution in [0.3, 0.4) is 0 Å². The normalized spacial score (nSPS) is 10.8. The maximum Gasteiger partial charge on any atom is 0.140 e. The lowest BCUT2D eigenvalue weighted by molar-refractivity contribution is 1.07. The molecule has 4 nitrogen and oxygen atoms in total. The van der Waals surface area contributed by atoms with Gasteiger partial charge in [-0.2, -0.15) is 0 Å². The van der Waals surface area contributed by atoms with Crippen LogP contribution in [0.1, 0.15) is 5.56 Å². The van der Waals surface area contributed by atoms with Crippen molar-refractivity contribution in [3.05, 3.63) is 48.2 Å². The van der Waals surface area contributed by atoms with Crippen molar-refractivity contribution < 1.29 is 0 Å². The van der Waals surface area contributed by atoms with Gasteiger partial charge in [0.2, 0.25) is 0 Å². The second-order valence-corrected chi connectivity index (χ2v) is 4.45. The van der Waals surface area contributed by atoms with E-state index < -0.39 is 0 Å². The number of hydrogen-bond donors (Lipinski definition) is 3. The van der Waals surface area contributed by atoms with Gasteiger partial charge in [-0.1, -0.05) is 18.2 Å². The van der Waals surface area contributed by atoms with Crippen LogP contribution in [-0.4, -0.2) is 17.0 Å². The number of pyridine rings is 1. The molecule has 3 rings (SSSR count). The maximum absolute atomic E-state index is 5.71. The fraction of sp³-hybridized carbons (Fsp3) is 0.133. The van der Waals surface area contributed by atoms with Gasteiger partial charge < -0.3 is 16.0 Å². The minimum atomic E-state index is 0.550. The van der Waals surface area contributed by atoms with Gasteiger partial charge in [-0.25, -0.2) is 4.98 Å². The van der Waals surface area contributed by atoms with E-state index in [9.17, 15) is 0 Å². The number of anilines is 1. The topological polar surface area (TPSA) is 66.7 Å². The van der Waals surface area contributed by atoms with Crippen LogP contribution in [0, 0.1) is 0 Å². The summed E-state index contributed by atoms with van der Waals surface area (Å²) in [6.45, 7) is 0.550. The average Bonchev–Trinajstić information content (AvgIpc) is 2.94. The molecule has 0 atom stereocenters. The number of nitrogens with zero attached hydrogens (tertiary/aromatic N) is 1. The molecule has 2 heterocycles. The summed E-state index contributed by atoms with van der Waals surface area (Å²) in [7, 11) is 1.87. The van der Waals surface area contributed by atoms with Crippen LogP contribution in [0.25, 0.3) is 22.2 Å². The molecule has 0 bridgehead atoms. The van der Waals surface area contributed by atoms with Gasteiger partial charge in [0.15, 0.2) is 0 Å². The van der Waals surface area contributed by atoms with E-state index in [0.29, 0.717) is 6.54 Å². The zero-order valence-corrected chi connectivity index (χ0v) is 10.8. The number of nitrogens with two attached hydrogens (primary N) is 1. The molecule has 0 saturated carbocycles. The predicted octanol–water partition coefficient (Wildman–Crippen LogP) is 2.73. The standard InChI is InChI=1S/C15H16N4/c1-17-14-8-13(12-5-6-18-15(12)19-14)11-4-2-3-10(7-11)9-16/h2-8H,9,16H2,1H3,(H2,17,18,19). The quantitative estimate of drug-likeness (QED) is 0.671. The SMILES string of the molecule is CNc1cc(-c2cccc(CN)c2)c2cc[nH]c2n1. The number of H-pyrrole nitrogens is 1. The van der Waals surface area contributed by atoms with Crippen molar-refractivity contribution in [2.75, 3.05) is 12.4 Å². The van der Waals surface area contributed by atoms with Gasteiger partial charge >= 0.3 is 0 Å². The molecular weight excluding hydrogens is 236 g/mol. The summed E-state index contributed by atoms with van der Waals surface area (Å²) >= 11 is 0. The van der Waals surface area contributed by atoms with Gasteiger partial charge in [0.05, 0.1) is 0 Å². The molecule has 0 spiro atoms. The first-order valence-electron chi connectivity index (χ1n) is 6.27. The van der Waals surface area contributed by atoms with E-state index in [1.54, 1.807) is 0 Å². The highest BCUT2D eigenvalue weighted by atomic mass is 15.0. The molecule has 2 aromatic heterocycles. The predicted molar refractivity (Wildman–Crippen MR) is 79.0 cm³/mol. The summed E-state index contributed by atoms with van der Waals surface area (Å²) in [5, 5.41) is 4.21. The number of aromatic amines is 1. The molecule has 4 N–H and O–H groups in total. The highest BCUT2D eigenvalue weighted by Gasteiger charge is 2.08. The average molecular weight is 252 g/mol. The summed E-state index contributed by atoms with van der Waals surface area (Å²) < 4.78 is 0. The van der Waals surface area contributed by atoms with E-state index in [0.717, 1.165) is 33.5 Å². The minimum Gasteiger partial charge on any atom is -0.373 e. The molecule has 0 aliphatic carbocycles. The van der Waals surface area contributed by atoms with Crippen molar-refractivity contribution in [3.63, 3.8) is 0 Å². The fourth-order valence-electron chi connectivity index (χ4n) is 2.27. The van der Waals surface area contributed by atoms with Gasteiger partial charge in [-0.15, -0.1) is 0 Å². The van der Waals surface area contributed by atoms with E-state index >= 15 is 0 Å². The number of nitrogens with one attached hydrogen (secondary N) is 2. The number of hydrogen-bond acceptors (Lipinski definition) is 3. The molecule has 3 aromatic rings. The Hall–Kier alpha value is -2.33. The molecule has 0 fully saturated rings. The van der Waals surface area contributed by atoms with Crippen LogP contribution in [-0.2, 0) is 6.54 Å². The molecule has 0 amide bonds. The highest BCUT2D eigenvalue weighted by Crippen LogP contribution is 2.30. The second kappa shape index (κ2) is 4.74. The molecule has 0 saturated heterocycles. The Morgan fingerprint density at radius 2 is 2.16 bits per heavy atom. The molecule has 96 valence electrons. The van der Waals surface area contributed by atoms with Gasteiger partial charge in [0.1, 0.15) is 11.5 Å². The fourth-order valence-corrected chi connectivity index (χ4v) is 2.27. The number of rotatable bonds is 3. The van der Waals surface area contributed by atoms with Crippen LogP contribution >= 0.6 is 0 Å². The van der Waals surface area contributed by atoms with Crippen molar-refractivity contribution in [2.24, 2.45) is 5.73 Å². The lowest BCUT2D eigenvalue weighted by Gasteiger charge is -2.08. The zero-order valence-electron chi connectivity index (χ0n) is 10.8. The third kappa shape index (κ3) is 2.06. The molecule has 0 aliphatic rings. The minimum absolute atomic E-state index is 0.550. The van der Waals surface area contributed by atoms with Crippen LogP contribution in [0.4, 0.5) is 5.82 Å². The summed E-state index contributed by atoms with van der Waals surface area (Å²) in [6.07, 6.45) is 1.91. The van der Waals surface area contributed by atoms with Crippen LogP contribution in [0.5, 0.6) is 0 Å². The number of fused-ring (bicyclic) bond motifs is 1. The second-order valence-electron chi connectivity index (χ2n) is 4.45. The van der Waals surface area contributed by atoms with Gasteiger partial charge in [0.25, 0.3) is 0 Å². The zero-order chi connectivity index (χ0) is 13.2. The number of aromatic nitrogens is 2. The van der Waals surface area contributed by atoms with Crippen molar-refractivity contribution in [2.45, 2.75) is 6.54 Å². The van der Waals surface area contributed by atoms with Crippen LogP contribution in [0.15, 0.2) is 42.6 Å². The Labute approximate surface area is 111 Å². The largest absolute Gasteiger partial charge is 0.373 e. The summed E-state index contributed by atoms with van der Waals surface area (Å²) in [6, 6.07) is 12.4. The Morgan fingerprint density at radius 3 is 2.95 bits per heavy atom. The van der Waals surface area contributed by atoms with Crippen molar-refractivity contribution in [1.82, 2.24) is 9.97 Å². The molecular formula is C15H16N4. The third-order valence-electron chi connectivity index (χ3n) is 3.26. The van der Waals surface area contributed by atoms with Crippen LogP contribution in [0.2, 0.25) is 0 Å². The van der Waals surface area contributed by atoms with Gasteiger partial charge in [-0.3, -0.25) is 0 Å². The summed E-state index contributed by atoms with van der Waals surface area (Å²) in [5.41, 5.74) is 10.0. The first kappa shape index (κ1) is 11.7. The van der Waals surface area contributed by atoms with E-state index in [-0.39, 0.29) is 0 Å². The van der Waals surface area contributed by atoms with Crippen molar-refractivity contribution in [3.8, 4) is 11.1 Å². The Balaban J connectivity index is 2.24. The monoisotopic (exact) mass is 252 g/mol. The third-order valence-corrected chi connectivity index (χ3v) is 3.26. The van der Waals surface area contributed by atoms with Crippen molar-refractivity contribution >= 4 is 16.9 Å². The van der Waals surface area contributed by atoms with Gasteiger partial charge in [-0.05, 0) is 34.9 Å². The molecule has 1 aromatic carbocycles. The van der Waals surface area contributed by atoms with E-state index in [2.05, 4.69) is 33.5 Å². The lowest BCUT2D eigenvalue weighted by atomic mass is 10.0. The first-order chi connectivity index (χ1) is 9.31. The molecule has 19 heavy (non-hydrogen) atoms. The Morgan fingerprint density at radius 1 is 1.26 bits per heavy atom. The summed E-state index contributed by atoms with van der Waals surface area (Å²) in [5.74, 6) is 0.850. The van der Waals surface area contributed by atoms with E-state index in [1.807, 2.05) is 31.4 Å². The smallest absolute Gasteiger partial charge is 0.140 e. The van der Waals surface area contributed by atoms with Crippen molar-refractivity contribution in [1.29, 1.82) is 0 Å². The van der Waals surface area contributed by atoms with E-state index in [1.165, 1.54) is 0 Å². The summed E-state index contributed by atoms with van der Waals surface area (Å²) in [4.78, 5) is 7.65. The maximum atomic E-state index is 5.71. The molecule has 4 heteroatoms. The molecule has 0 unspecified atom stereocenters. The Bertz CT molecular complexity index is 715. The molecule has 0 radical (unpaired) electrons. The lowest BCUT2D eigenvalue weighted by Crippen LogP contribution is -1.97. The first-order valence-corrected chi connectivity index (χ1v) is 6.27. The Kier molecular flexibility index (Phi) is 2.93.